The summed E-state index contributed by atoms with van der Waals surface area (Å²) in [4.78, 5) is 20.5. The number of carbonyl (C=O) groups excluding carboxylic acids is 2. The number of alkyl carbamates (subject to hydrolysis) is 1. The van der Waals surface area contributed by atoms with Gasteiger partial charge >= 0.3 is 6.09 Å². The summed E-state index contributed by atoms with van der Waals surface area (Å²) in [5.41, 5.74) is 0.815. The largest absolute Gasteiger partial charge is 0.444 e. The van der Waals surface area contributed by atoms with Crippen molar-refractivity contribution < 1.29 is 14.3 Å². The van der Waals surface area contributed by atoms with E-state index >= 15 is 0 Å². The van der Waals surface area contributed by atoms with Crippen molar-refractivity contribution in [1.29, 1.82) is 0 Å². The molecule has 1 N–H and O–H groups in total. The zero-order valence-electron chi connectivity index (χ0n) is 11.4. The molecule has 0 saturated heterocycles. The summed E-state index contributed by atoms with van der Waals surface area (Å²) in [5.74, 6) is 0. The maximum atomic E-state index is 10.7. The second-order valence-corrected chi connectivity index (χ2v) is 4.70. The van der Waals surface area contributed by atoms with Gasteiger partial charge in [-0.15, -0.1) is 0 Å². The molecule has 0 aliphatic rings. The maximum absolute atomic E-state index is 10.7. The van der Waals surface area contributed by atoms with Gasteiger partial charge in [0.2, 0.25) is 0 Å². The van der Waals surface area contributed by atoms with Crippen molar-refractivity contribution in [3.63, 3.8) is 0 Å². The zero-order valence-corrected chi connectivity index (χ0v) is 11.4. The van der Waals surface area contributed by atoms with E-state index in [0.29, 0.717) is 6.29 Å². The Kier molecular flexibility index (Phi) is 7.43. The van der Waals surface area contributed by atoms with E-state index in [1.54, 1.807) is 20.8 Å². The van der Waals surface area contributed by atoms with Crippen molar-refractivity contribution in [3.05, 3.63) is 35.9 Å². The number of hydrogen-bond acceptors (Lipinski definition) is 3. The molecular formula is C14H21NO3. The van der Waals surface area contributed by atoms with Gasteiger partial charge in [-0.1, -0.05) is 35.9 Å². The van der Waals surface area contributed by atoms with E-state index in [9.17, 15) is 9.59 Å². The Hall–Kier alpha value is -1.84. The first-order chi connectivity index (χ1) is 8.35. The minimum Gasteiger partial charge on any atom is -0.444 e. The number of ether oxygens (including phenoxy) is 1. The van der Waals surface area contributed by atoms with Crippen LogP contribution in [-0.4, -0.2) is 24.5 Å². The molecule has 0 spiro atoms. The number of rotatable bonds is 2. The topological polar surface area (TPSA) is 55.4 Å². The van der Waals surface area contributed by atoms with Crippen molar-refractivity contribution in [1.82, 2.24) is 5.32 Å². The third-order valence-corrected chi connectivity index (χ3v) is 1.67. The molecule has 1 rings (SSSR count). The number of hydrogen-bond donors (Lipinski definition) is 1. The molecule has 0 saturated carbocycles. The van der Waals surface area contributed by atoms with E-state index in [1.807, 2.05) is 18.2 Å². The lowest BCUT2D eigenvalue weighted by Crippen LogP contribution is -2.33. The molecule has 1 aromatic carbocycles. The van der Waals surface area contributed by atoms with E-state index in [4.69, 9.17) is 4.74 Å². The Bertz CT molecular complexity index is 355. The summed E-state index contributed by atoms with van der Waals surface area (Å²) in [5, 5.41) is 2.26. The van der Waals surface area contributed by atoms with Crippen molar-refractivity contribution >= 4 is 12.4 Å². The number of carbonyl (C=O) groups is 2. The maximum Gasteiger partial charge on any atom is 0.408 e. The first-order valence-electron chi connectivity index (χ1n) is 5.77. The van der Waals surface area contributed by atoms with Gasteiger partial charge in [-0.05, 0) is 27.7 Å². The van der Waals surface area contributed by atoms with Crippen LogP contribution in [0.3, 0.4) is 0 Å². The number of aldehydes is 1. The SMILES string of the molecule is CC(C)(C)OC(=O)NCC=O.Cc1ccccc1. The van der Waals surface area contributed by atoms with Crippen LogP contribution in [0.15, 0.2) is 30.3 Å². The van der Waals surface area contributed by atoms with Gasteiger partial charge in [-0.3, -0.25) is 0 Å². The van der Waals surface area contributed by atoms with E-state index in [0.717, 1.165) is 0 Å². The highest BCUT2D eigenvalue weighted by atomic mass is 16.6. The molecule has 0 fully saturated rings. The lowest BCUT2D eigenvalue weighted by atomic mass is 10.2. The molecule has 0 atom stereocenters. The first kappa shape index (κ1) is 16.2. The van der Waals surface area contributed by atoms with Crippen LogP contribution in [-0.2, 0) is 9.53 Å². The van der Waals surface area contributed by atoms with Crippen molar-refractivity contribution in [2.24, 2.45) is 0 Å². The van der Waals surface area contributed by atoms with E-state index in [-0.39, 0.29) is 6.54 Å². The quantitative estimate of drug-likeness (QED) is 0.822. The van der Waals surface area contributed by atoms with Gasteiger partial charge < -0.3 is 14.8 Å². The molecule has 0 unspecified atom stereocenters. The molecular weight excluding hydrogens is 230 g/mol. The molecule has 0 aliphatic heterocycles. The highest BCUT2D eigenvalue weighted by Gasteiger charge is 2.14. The van der Waals surface area contributed by atoms with Crippen molar-refractivity contribution in [2.45, 2.75) is 33.3 Å². The highest BCUT2D eigenvalue weighted by Crippen LogP contribution is 2.05. The molecule has 0 aromatic heterocycles. The van der Waals surface area contributed by atoms with Crippen LogP contribution in [0.4, 0.5) is 4.79 Å². The number of nitrogens with one attached hydrogen (secondary N) is 1. The van der Waals surface area contributed by atoms with Gasteiger partial charge in [0.15, 0.2) is 0 Å². The van der Waals surface area contributed by atoms with E-state index < -0.39 is 11.7 Å². The fraction of sp³-hybridized carbons (Fsp3) is 0.429. The normalized spacial score (nSPS) is 9.78. The fourth-order valence-electron chi connectivity index (χ4n) is 0.974. The molecule has 1 aromatic rings. The summed E-state index contributed by atoms with van der Waals surface area (Å²) < 4.78 is 4.83. The van der Waals surface area contributed by atoms with Crippen LogP contribution >= 0.6 is 0 Å². The molecule has 0 radical (unpaired) electrons. The molecule has 100 valence electrons. The summed E-state index contributed by atoms with van der Waals surface area (Å²) in [6.07, 6.45) is 0.0359. The average molecular weight is 251 g/mol. The van der Waals surface area contributed by atoms with Crippen molar-refractivity contribution in [2.75, 3.05) is 6.54 Å². The Morgan fingerprint density at radius 2 is 1.83 bits per heavy atom. The molecule has 4 nitrogen and oxygen atoms in total. The van der Waals surface area contributed by atoms with Crippen LogP contribution in [0.5, 0.6) is 0 Å². The van der Waals surface area contributed by atoms with Gasteiger partial charge in [-0.25, -0.2) is 4.79 Å². The van der Waals surface area contributed by atoms with Crippen LogP contribution in [0.1, 0.15) is 26.3 Å². The Labute approximate surface area is 108 Å². The predicted octanol–water partition coefficient (Wildman–Crippen LogP) is 2.71. The van der Waals surface area contributed by atoms with Gasteiger partial charge in [0.25, 0.3) is 0 Å². The molecule has 0 aliphatic carbocycles. The van der Waals surface area contributed by atoms with Crippen molar-refractivity contribution in [3.8, 4) is 0 Å². The predicted molar refractivity (Wildman–Crippen MR) is 71.5 cm³/mol. The molecule has 0 bridgehead atoms. The molecule has 1 amide bonds. The summed E-state index contributed by atoms with van der Waals surface area (Å²) in [7, 11) is 0. The van der Waals surface area contributed by atoms with Crippen LogP contribution in [0.25, 0.3) is 0 Å². The minimum absolute atomic E-state index is 0.00505. The molecule has 4 heteroatoms. The number of benzene rings is 1. The van der Waals surface area contributed by atoms with E-state index in [1.165, 1.54) is 5.56 Å². The van der Waals surface area contributed by atoms with E-state index in [2.05, 4.69) is 24.4 Å². The second kappa shape index (κ2) is 8.28. The van der Waals surface area contributed by atoms with Gasteiger partial charge in [-0.2, -0.15) is 0 Å². The summed E-state index contributed by atoms with van der Waals surface area (Å²) in [6.45, 7) is 7.35. The Morgan fingerprint density at radius 1 is 1.28 bits per heavy atom. The standard InChI is InChI=1S/C7H13NO3.C7H8/c1-7(2,3)11-6(10)8-4-5-9;1-7-5-3-2-4-6-7/h5H,4H2,1-3H3,(H,8,10);2-6H,1H3. The van der Waals surface area contributed by atoms with Gasteiger partial charge in [0.05, 0.1) is 6.54 Å². The lowest BCUT2D eigenvalue weighted by Gasteiger charge is -2.18. The number of amides is 1. The Balaban J connectivity index is 0.000000351. The zero-order chi connectivity index (χ0) is 14.0. The second-order valence-electron chi connectivity index (χ2n) is 4.70. The van der Waals surface area contributed by atoms with Crippen LogP contribution in [0.2, 0.25) is 0 Å². The first-order valence-corrected chi connectivity index (χ1v) is 5.77. The number of aryl methyl sites for hydroxylation is 1. The van der Waals surface area contributed by atoms with Gasteiger partial charge in [0, 0.05) is 0 Å². The van der Waals surface area contributed by atoms with Crippen LogP contribution < -0.4 is 5.32 Å². The smallest absolute Gasteiger partial charge is 0.408 e. The monoisotopic (exact) mass is 251 g/mol. The summed E-state index contributed by atoms with van der Waals surface area (Å²) in [6, 6.07) is 10.3. The summed E-state index contributed by atoms with van der Waals surface area (Å²) >= 11 is 0. The third-order valence-electron chi connectivity index (χ3n) is 1.67. The average Bonchev–Trinajstić information content (AvgIpc) is 2.26. The Morgan fingerprint density at radius 3 is 2.17 bits per heavy atom. The minimum atomic E-state index is -0.565. The van der Waals surface area contributed by atoms with Gasteiger partial charge in [0.1, 0.15) is 11.9 Å². The fourth-order valence-corrected chi connectivity index (χ4v) is 0.974. The molecule has 18 heavy (non-hydrogen) atoms. The highest BCUT2D eigenvalue weighted by molar-refractivity contribution is 5.71. The lowest BCUT2D eigenvalue weighted by molar-refractivity contribution is -0.107. The third kappa shape index (κ3) is 10.7. The molecule has 0 heterocycles. The van der Waals surface area contributed by atoms with Crippen LogP contribution in [0, 0.1) is 6.92 Å².